The van der Waals surface area contributed by atoms with E-state index in [0.29, 0.717) is 5.41 Å². The van der Waals surface area contributed by atoms with E-state index in [1.165, 1.54) is 25.7 Å². The summed E-state index contributed by atoms with van der Waals surface area (Å²) < 4.78 is 0. The highest BCUT2D eigenvalue weighted by atomic mass is 32.1. The van der Waals surface area contributed by atoms with Gasteiger partial charge in [0.15, 0.2) is 5.13 Å². The van der Waals surface area contributed by atoms with Crippen molar-refractivity contribution in [2.24, 2.45) is 5.41 Å². The summed E-state index contributed by atoms with van der Waals surface area (Å²) in [6, 6.07) is 0. The Morgan fingerprint density at radius 1 is 1.57 bits per heavy atom. The molecule has 1 N–H and O–H groups in total. The topological polar surface area (TPSA) is 24.9 Å². The molecule has 3 heteroatoms. The van der Waals surface area contributed by atoms with Crippen molar-refractivity contribution in [2.75, 3.05) is 11.9 Å². The third-order valence-electron chi connectivity index (χ3n) is 3.40. The lowest BCUT2D eigenvalue weighted by Crippen LogP contribution is -2.35. The van der Waals surface area contributed by atoms with Crippen LogP contribution >= 0.6 is 11.3 Å². The molecule has 1 aliphatic carbocycles. The van der Waals surface area contributed by atoms with Crippen molar-refractivity contribution in [3.63, 3.8) is 0 Å². The van der Waals surface area contributed by atoms with Gasteiger partial charge in [-0.15, -0.1) is 11.3 Å². The van der Waals surface area contributed by atoms with E-state index in [0.717, 1.165) is 17.4 Å². The van der Waals surface area contributed by atoms with Crippen LogP contribution in [0.3, 0.4) is 0 Å². The quantitative estimate of drug-likeness (QED) is 0.823. The van der Waals surface area contributed by atoms with Gasteiger partial charge in [0.25, 0.3) is 0 Å². The SMILES string of the molecule is CCC1(CNc2nc(C)cs2)CCC1. The molecule has 14 heavy (non-hydrogen) atoms. The summed E-state index contributed by atoms with van der Waals surface area (Å²) in [5.41, 5.74) is 1.70. The van der Waals surface area contributed by atoms with Gasteiger partial charge in [-0.3, -0.25) is 0 Å². The molecule has 0 amide bonds. The minimum Gasteiger partial charge on any atom is -0.361 e. The van der Waals surface area contributed by atoms with Crippen LogP contribution in [0.5, 0.6) is 0 Å². The molecule has 1 aromatic rings. The van der Waals surface area contributed by atoms with Crippen LogP contribution < -0.4 is 5.32 Å². The first-order valence-electron chi connectivity index (χ1n) is 5.40. The smallest absolute Gasteiger partial charge is 0.182 e. The van der Waals surface area contributed by atoms with Gasteiger partial charge in [0, 0.05) is 11.9 Å². The molecule has 0 radical (unpaired) electrons. The van der Waals surface area contributed by atoms with E-state index >= 15 is 0 Å². The molecule has 1 aromatic heterocycles. The number of thiazole rings is 1. The summed E-state index contributed by atoms with van der Waals surface area (Å²) >= 11 is 1.71. The average Bonchev–Trinajstić information content (AvgIpc) is 2.50. The molecule has 0 aromatic carbocycles. The molecule has 2 nitrogen and oxygen atoms in total. The maximum Gasteiger partial charge on any atom is 0.182 e. The standard InChI is InChI=1S/C11H18N2S/c1-3-11(5-4-6-11)8-12-10-13-9(2)7-14-10/h7H,3-6,8H2,1-2H3,(H,12,13). The Morgan fingerprint density at radius 3 is 2.79 bits per heavy atom. The molecule has 0 bridgehead atoms. The third kappa shape index (κ3) is 1.92. The molecule has 1 fully saturated rings. The summed E-state index contributed by atoms with van der Waals surface area (Å²) in [7, 11) is 0. The van der Waals surface area contributed by atoms with Gasteiger partial charge in [-0.2, -0.15) is 0 Å². The second-order valence-corrected chi connectivity index (χ2v) is 5.21. The first-order chi connectivity index (χ1) is 6.74. The van der Waals surface area contributed by atoms with Gasteiger partial charge in [0.2, 0.25) is 0 Å². The van der Waals surface area contributed by atoms with E-state index in [1.54, 1.807) is 11.3 Å². The average molecular weight is 210 g/mol. The monoisotopic (exact) mass is 210 g/mol. The fourth-order valence-electron chi connectivity index (χ4n) is 2.03. The fraction of sp³-hybridized carbons (Fsp3) is 0.727. The van der Waals surface area contributed by atoms with Crippen LogP contribution in [0.15, 0.2) is 5.38 Å². The van der Waals surface area contributed by atoms with E-state index < -0.39 is 0 Å². The van der Waals surface area contributed by atoms with Gasteiger partial charge in [0.05, 0.1) is 5.69 Å². The zero-order chi connectivity index (χ0) is 10.0. The van der Waals surface area contributed by atoms with Gasteiger partial charge < -0.3 is 5.32 Å². The Balaban J connectivity index is 1.87. The molecular formula is C11H18N2S. The van der Waals surface area contributed by atoms with E-state index in [2.05, 4.69) is 22.6 Å². The number of aryl methyl sites for hydroxylation is 1. The van der Waals surface area contributed by atoms with E-state index in [-0.39, 0.29) is 0 Å². The third-order valence-corrected chi connectivity index (χ3v) is 4.32. The van der Waals surface area contributed by atoms with Crippen molar-refractivity contribution in [3.8, 4) is 0 Å². The molecule has 1 heterocycles. The van der Waals surface area contributed by atoms with Gasteiger partial charge in [0.1, 0.15) is 0 Å². The lowest BCUT2D eigenvalue weighted by atomic mass is 9.67. The number of aromatic nitrogens is 1. The number of anilines is 1. The summed E-state index contributed by atoms with van der Waals surface area (Å²) in [5, 5.41) is 6.65. The molecule has 0 atom stereocenters. The summed E-state index contributed by atoms with van der Waals surface area (Å²) in [5.74, 6) is 0. The normalized spacial score (nSPS) is 19.0. The molecule has 1 aliphatic rings. The predicted octanol–water partition coefficient (Wildman–Crippen LogP) is 3.44. The number of hydrogen-bond acceptors (Lipinski definition) is 3. The minimum atomic E-state index is 0.583. The lowest BCUT2D eigenvalue weighted by Gasteiger charge is -2.41. The first kappa shape index (κ1) is 9.97. The maximum atomic E-state index is 4.41. The Kier molecular flexibility index (Phi) is 2.77. The van der Waals surface area contributed by atoms with E-state index in [9.17, 15) is 0 Å². The highest BCUT2D eigenvalue weighted by molar-refractivity contribution is 7.13. The molecule has 0 spiro atoms. The van der Waals surface area contributed by atoms with Crippen molar-refractivity contribution in [1.29, 1.82) is 0 Å². The first-order valence-corrected chi connectivity index (χ1v) is 6.28. The van der Waals surface area contributed by atoms with Crippen LogP contribution in [0, 0.1) is 12.3 Å². The molecular weight excluding hydrogens is 192 g/mol. The summed E-state index contributed by atoms with van der Waals surface area (Å²) in [6.45, 7) is 5.45. The second-order valence-electron chi connectivity index (χ2n) is 4.35. The maximum absolute atomic E-state index is 4.41. The molecule has 0 aliphatic heterocycles. The van der Waals surface area contributed by atoms with Crippen molar-refractivity contribution >= 4 is 16.5 Å². The van der Waals surface area contributed by atoms with Gasteiger partial charge in [-0.1, -0.05) is 13.3 Å². The van der Waals surface area contributed by atoms with Gasteiger partial charge in [-0.25, -0.2) is 4.98 Å². The highest BCUT2D eigenvalue weighted by Crippen LogP contribution is 2.43. The van der Waals surface area contributed by atoms with Gasteiger partial charge >= 0.3 is 0 Å². The Labute approximate surface area is 89.8 Å². The Bertz CT molecular complexity index is 296. The highest BCUT2D eigenvalue weighted by Gasteiger charge is 2.34. The zero-order valence-electron chi connectivity index (χ0n) is 8.97. The van der Waals surface area contributed by atoms with Crippen LogP contribution in [0.4, 0.5) is 5.13 Å². The lowest BCUT2D eigenvalue weighted by molar-refractivity contribution is 0.145. The summed E-state index contributed by atoms with van der Waals surface area (Å²) in [6.07, 6.45) is 5.48. The van der Waals surface area contributed by atoms with Crippen LogP contribution in [0.2, 0.25) is 0 Å². The summed E-state index contributed by atoms with van der Waals surface area (Å²) in [4.78, 5) is 4.41. The number of nitrogens with one attached hydrogen (secondary N) is 1. The number of rotatable bonds is 4. The Hall–Kier alpha value is -0.570. The van der Waals surface area contributed by atoms with Crippen molar-refractivity contribution in [3.05, 3.63) is 11.1 Å². The molecule has 0 saturated heterocycles. The van der Waals surface area contributed by atoms with Crippen LogP contribution in [0.25, 0.3) is 0 Å². The zero-order valence-corrected chi connectivity index (χ0v) is 9.78. The molecule has 2 rings (SSSR count). The molecule has 0 unspecified atom stereocenters. The molecule has 1 saturated carbocycles. The number of nitrogens with zero attached hydrogens (tertiary/aromatic N) is 1. The predicted molar refractivity (Wildman–Crippen MR) is 61.9 cm³/mol. The minimum absolute atomic E-state index is 0.583. The largest absolute Gasteiger partial charge is 0.361 e. The van der Waals surface area contributed by atoms with Crippen LogP contribution in [0.1, 0.15) is 38.3 Å². The van der Waals surface area contributed by atoms with Crippen molar-refractivity contribution in [1.82, 2.24) is 4.98 Å². The Morgan fingerprint density at radius 2 is 2.36 bits per heavy atom. The number of hydrogen-bond donors (Lipinski definition) is 1. The molecule has 78 valence electrons. The van der Waals surface area contributed by atoms with Crippen molar-refractivity contribution < 1.29 is 0 Å². The fourth-order valence-corrected chi connectivity index (χ4v) is 2.72. The van der Waals surface area contributed by atoms with Crippen LogP contribution in [-0.4, -0.2) is 11.5 Å². The van der Waals surface area contributed by atoms with Gasteiger partial charge in [-0.05, 0) is 31.6 Å². The van der Waals surface area contributed by atoms with E-state index in [4.69, 9.17) is 0 Å². The second kappa shape index (κ2) is 3.89. The van der Waals surface area contributed by atoms with Crippen LogP contribution in [-0.2, 0) is 0 Å². The van der Waals surface area contributed by atoms with E-state index in [1.807, 2.05) is 6.92 Å². The van der Waals surface area contributed by atoms with Crippen molar-refractivity contribution in [2.45, 2.75) is 39.5 Å².